The Hall–Kier alpha value is -2.79. The fraction of sp³-hybridized carbons (Fsp3) is 0.517. The summed E-state index contributed by atoms with van der Waals surface area (Å²) in [5, 5.41) is 4.40. The van der Waals surface area contributed by atoms with E-state index in [-0.39, 0.29) is 41.0 Å². The molecule has 3 aliphatic rings. The second-order valence-electron chi connectivity index (χ2n) is 11.0. The third-order valence-electron chi connectivity index (χ3n) is 8.23. The molecule has 0 aliphatic carbocycles. The minimum Gasteiger partial charge on any atom is -0.488 e. The van der Waals surface area contributed by atoms with Gasteiger partial charge >= 0.3 is 5.69 Å². The summed E-state index contributed by atoms with van der Waals surface area (Å²) in [5.41, 5.74) is 0.620. The molecule has 0 spiro atoms. The Kier molecular flexibility index (Phi) is 7.69. The van der Waals surface area contributed by atoms with E-state index < -0.39 is 11.6 Å². The number of hydrogen-bond donors (Lipinski definition) is 1. The van der Waals surface area contributed by atoms with Crippen molar-refractivity contribution in [2.45, 2.75) is 44.8 Å². The van der Waals surface area contributed by atoms with E-state index in [2.05, 4.69) is 33.9 Å². The van der Waals surface area contributed by atoms with Gasteiger partial charge < -0.3 is 19.7 Å². The summed E-state index contributed by atoms with van der Waals surface area (Å²) in [6.07, 6.45) is 1.59. The lowest BCUT2D eigenvalue weighted by Crippen LogP contribution is -2.55. The lowest BCUT2D eigenvalue weighted by molar-refractivity contribution is 0.0364. The van der Waals surface area contributed by atoms with E-state index in [4.69, 9.17) is 21.1 Å². The summed E-state index contributed by atoms with van der Waals surface area (Å²) in [6, 6.07) is 5.18. The first-order chi connectivity index (χ1) is 19.3. The molecule has 3 aromatic rings. The SMILES string of the molecule is C[C@@H]1CN(c2nc(=O)n3c4c(c(-c5ccc(F)cc5F)c(Cl)cc24)OC[C@H]3CCCN2CCOCC2)[C@@H](C)CN1. The molecule has 0 unspecified atom stereocenters. The van der Waals surface area contributed by atoms with Crippen LogP contribution in [-0.4, -0.2) is 79.1 Å². The molecule has 4 heterocycles. The molecular formula is C29H34ClF2N5O3. The van der Waals surface area contributed by atoms with E-state index in [0.717, 1.165) is 58.3 Å². The van der Waals surface area contributed by atoms with Crippen molar-refractivity contribution in [3.05, 3.63) is 51.4 Å². The second kappa shape index (κ2) is 11.2. The normalized spacial score (nSPS) is 23.4. The first-order valence-electron chi connectivity index (χ1n) is 14.0. The number of nitrogens with one attached hydrogen (secondary N) is 1. The van der Waals surface area contributed by atoms with Crippen molar-refractivity contribution < 1.29 is 18.3 Å². The smallest absolute Gasteiger partial charge is 0.350 e. The molecule has 2 aromatic carbocycles. The molecule has 6 rings (SSSR count). The van der Waals surface area contributed by atoms with Crippen molar-refractivity contribution in [1.29, 1.82) is 0 Å². The van der Waals surface area contributed by atoms with Gasteiger partial charge in [-0.2, -0.15) is 4.98 Å². The van der Waals surface area contributed by atoms with Crippen molar-refractivity contribution in [2.75, 3.05) is 57.4 Å². The molecule has 3 atom stereocenters. The number of benzene rings is 2. The largest absolute Gasteiger partial charge is 0.488 e. The summed E-state index contributed by atoms with van der Waals surface area (Å²) in [4.78, 5) is 22.9. The van der Waals surface area contributed by atoms with Gasteiger partial charge in [0.2, 0.25) is 0 Å². The third kappa shape index (κ3) is 5.06. The van der Waals surface area contributed by atoms with Crippen molar-refractivity contribution in [1.82, 2.24) is 19.8 Å². The molecule has 214 valence electrons. The number of halogens is 3. The van der Waals surface area contributed by atoms with E-state index in [1.165, 1.54) is 12.1 Å². The second-order valence-corrected chi connectivity index (χ2v) is 11.4. The maximum atomic E-state index is 15.1. The lowest BCUT2D eigenvalue weighted by Gasteiger charge is -2.39. The monoisotopic (exact) mass is 573 g/mol. The van der Waals surface area contributed by atoms with Gasteiger partial charge in [-0.25, -0.2) is 13.6 Å². The minimum absolute atomic E-state index is 0.0896. The molecule has 40 heavy (non-hydrogen) atoms. The van der Waals surface area contributed by atoms with E-state index >= 15 is 4.39 Å². The van der Waals surface area contributed by atoms with Crippen LogP contribution in [0.5, 0.6) is 5.75 Å². The van der Waals surface area contributed by atoms with Gasteiger partial charge in [0.1, 0.15) is 24.1 Å². The maximum absolute atomic E-state index is 15.1. The standard InChI is InChI=1S/C29H34ClF2N5O3/c1-17-15-36(18(2)14-33-17)28-22-13-23(30)25(21-6-5-19(31)12-24(21)32)27-26(22)37(29(38)34-28)20(16-40-27)4-3-7-35-8-10-39-11-9-35/h5-6,12-13,17-18,20,33H,3-4,7-11,14-16H2,1-2H3/t17-,18+,20-/m1/s1. The Bertz CT molecular complexity index is 1480. The quantitative estimate of drug-likeness (QED) is 0.473. The molecule has 0 saturated carbocycles. The highest BCUT2D eigenvalue weighted by Crippen LogP contribution is 2.47. The van der Waals surface area contributed by atoms with Crippen LogP contribution in [0, 0.1) is 11.6 Å². The predicted octanol–water partition coefficient (Wildman–Crippen LogP) is 4.23. The first-order valence-corrected chi connectivity index (χ1v) is 14.4. The van der Waals surface area contributed by atoms with Crippen molar-refractivity contribution in [3.8, 4) is 16.9 Å². The van der Waals surface area contributed by atoms with Crippen LogP contribution in [0.25, 0.3) is 22.0 Å². The van der Waals surface area contributed by atoms with Crippen molar-refractivity contribution in [3.63, 3.8) is 0 Å². The molecule has 0 radical (unpaired) electrons. The number of morpholine rings is 1. The molecule has 3 aliphatic heterocycles. The fourth-order valence-electron chi connectivity index (χ4n) is 6.13. The Morgan fingerprint density at radius 1 is 1.18 bits per heavy atom. The van der Waals surface area contributed by atoms with Crippen LogP contribution >= 0.6 is 11.6 Å². The van der Waals surface area contributed by atoms with Crippen LogP contribution in [0.3, 0.4) is 0 Å². The van der Waals surface area contributed by atoms with Gasteiger partial charge in [-0.15, -0.1) is 0 Å². The van der Waals surface area contributed by atoms with Crippen LogP contribution in [0.2, 0.25) is 5.02 Å². The van der Waals surface area contributed by atoms with Crippen molar-refractivity contribution >= 4 is 28.3 Å². The first kappa shape index (κ1) is 27.4. The third-order valence-corrected chi connectivity index (χ3v) is 8.53. The van der Waals surface area contributed by atoms with Crippen LogP contribution in [-0.2, 0) is 4.74 Å². The Morgan fingerprint density at radius 3 is 2.75 bits per heavy atom. The van der Waals surface area contributed by atoms with Crippen molar-refractivity contribution in [2.24, 2.45) is 0 Å². The highest BCUT2D eigenvalue weighted by Gasteiger charge is 2.33. The van der Waals surface area contributed by atoms with Gasteiger partial charge in [0.25, 0.3) is 0 Å². The van der Waals surface area contributed by atoms with E-state index in [1.807, 2.05) is 0 Å². The Balaban J connectivity index is 1.49. The fourth-order valence-corrected chi connectivity index (χ4v) is 6.42. The van der Waals surface area contributed by atoms with Gasteiger partial charge in [-0.3, -0.25) is 9.47 Å². The van der Waals surface area contributed by atoms with Crippen LogP contribution in [0.15, 0.2) is 29.1 Å². The number of rotatable bonds is 6. The molecular weight excluding hydrogens is 540 g/mol. The summed E-state index contributed by atoms with van der Waals surface area (Å²) >= 11 is 6.83. The van der Waals surface area contributed by atoms with Crippen LogP contribution in [0.4, 0.5) is 14.6 Å². The molecule has 2 fully saturated rings. The number of nitrogens with zero attached hydrogens (tertiary/aromatic N) is 4. The van der Waals surface area contributed by atoms with Crippen LogP contribution in [0.1, 0.15) is 32.7 Å². The topological polar surface area (TPSA) is 71.9 Å². The minimum atomic E-state index is -0.749. The van der Waals surface area contributed by atoms with Gasteiger partial charge in [0.05, 0.1) is 29.8 Å². The van der Waals surface area contributed by atoms with Gasteiger partial charge in [-0.05, 0) is 51.4 Å². The molecule has 1 aromatic heterocycles. The average molecular weight is 574 g/mol. The van der Waals surface area contributed by atoms with E-state index in [1.54, 1.807) is 10.6 Å². The Morgan fingerprint density at radius 2 is 1.98 bits per heavy atom. The van der Waals surface area contributed by atoms with E-state index in [0.29, 0.717) is 34.6 Å². The van der Waals surface area contributed by atoms with E-state index in [9.17, 15) is 9.18 Å². The molecule has 11 heteroatoms. The summed E-state index contributed by atoms with van der Waals surface area (Å²) in [6.45, 7) is 9.98. The summed E-state index contributed by atoms with van der Waals surface area (Å²) < 4.78 is 42.3. The van der Waals surface area contributed by atoms with Crippen LogP contribution < -0.4 is 20.6 Å². The molecule has 0 bridgehead atoms. The number of piperazine rings is 1. The maximum Gasteiger partial charge on any atom is 0.350 e. The molecule has 8 nitrogen and oxygen atoms in total. The summed E-state index contributed by atoms with van der Waals surface area (Å²) in [5.74, 6) is -0.558. The number of aromatic nitrogens is 2. The number of ether oxygens (including phenoxy) is 2. The van der Waals surface area contributed by atoms with Gasteiger partial charge in [0, 0.05) is 60.8 Å². The summed E-state index contributed by atoms with van der Waals surface area (Å²) in [7, 11) is 0. The average Bonchev–Trinajstić information content (AvgIpc) is 2.93. The number of anilines is 1. The molecule has 1 N–H and O–H groups in total. The van der Waals surface area contributed by atoms with Gasteiger partial charge in [0.15, 0.2) is 5.75 Å². The predicted molar refractivity (Wildman–Crippen MR) is 152 cm³/mol. The molecule has 2 saturated heterocycles. The zero-order valence-electron chi connectivity index (χ0n) is 22.8. The highest BCUT2D eigenvalue weighted by atomic mass is 35.5. The van der Waals surface area contributed by atoms with Gasteiger partial charge in [-0.1, -0.05) is 11.6 Å². The lowest BCUT2D eigenvalue weighted by atomic mass is 9.98. The zero-order valence-corrected chi connectivity index (χ0v) is 23.5. The Labute approximate surface area is 236 Å². The molecule has 0 amide bonds. The zero-order chi connectivity index (χ0) is 28.0. The highest BCUT2D eigenvalue weighted by molar-refractivity contribution is 6.35. The number of hydrogen-bond acceptors (Lipinski definition) is 7.